The number of rotatable bonds is 4. The molecule has 5 nitrogen and oxygen atoms in total. The fourth-order valence-corrected chi connectivity index (χ4v) is 3.76. The Kier molecular flexibility index (Phi) is 5.42. The lowest BCUT2D eigenvalue weighted by Crippen LogP contribution is -2.23. The summed E-state index contributed by atoms with van der Waals surface area (Å²) in [5.41, 5.74) is 0.915. The van der Waals surface area contributed by atoms with Gasteiger partial charge in [0.15, 0.2) is 0 Å². The summed E-state index contributed by atoms with van der Waals surface area (Å²) in [4.78, 5) is 12.3. The van der Waals surface area contributed by atoms with Crippen molar-refractivity contribution in [3.8, 4) is 0 Å². The largest absolute Gasteiger partial charge is 0.322 e. The lowest BCUT2D eigenvalue weighted by molar-refractivity contribution is 0.102. The standard InChI is InChI=1S/C16H16BrFN2O3S/c1-10-4-6-12(9-14(10)18)19-16(21)11-5-7-13(17)15(8-11)24(22,23)20(2)3/h4-9H,1-3H3,(H,19,21). The number of aryl methyl sites for hydroxylation is 1. The SMILES string of the molecule is Cc1ccc(NC(=O)c2ccc(Br)c(S(=O)(=O)N(C)C)c2)cc1F. The number of halogens is 2. The van der Waals surface area contributed by atoms with E-state index in [4.69, 9.17) is 0 Å². The summed E-state index contributed by atoms with van der Waals surface area (Å²) < 4.78 is 39.5. The van der Waals surface area contributed by atoms with Crippen LogP contribution in [-0.2, 0) is 10.0 Å². The fourth-order valence-electron chi connectivity index (χ4n) is 1.91. The minimum absolute atomic E-state index is 0.0183. The maximum Gasteiger partial charge on any atom is 0.255 e. The van der Waals surface area contributed by atoms with Crippen LogP contribution in [-0.4, -0.2) is 32.7 Å². The average molecular weight is 415 g/mol. The zero-order valence-corrected chi connectivity index (χ0v) is 15.7. The molecule has 0 atom stereocenters. The van der Waals surface area contributed by atoms with Gasteiger partial charge in [0.25, 0.3) is 5.91 Å². The molecule has 0 heterocycles. The Balaban J connectivity index is 2.35. The average Bonchev–Trinajstić information content (AvgIpc) is 2.51. The molecule has 128 valence electrons. The van der Waals surface area contributed by atoms with Gasteiger partial charge < -0.3 is 5.32 Å². The minimum atomic E-state index is -3.70. The van der Waals surface area contributed by atoms with Crippen LogP contribution in [0.25, 0.3) is 0 Å². The number of amides is 1. The van der Waals surface area contributed by atoms with Crippen molar-refractivity contribution in [1.82, 2.24) is 4.31 Å². The van der Waals surface area contributed by atoms with Crippen LogP contribution in [0.1, 0.15) is 15.9 Å². The summed E-state index contributed by atoms with van der Waals surface area (Å²) in [6.07, 6.45) is 0. The van der Waals surface area contributed by atoms with Gasteiger partial charge in [0.1, 0.15) is 5.82 Å². The van der Waals surface area contributed by atoms with Gasteiger partial charge in [-0.3, -0.25) is 4.79 Å². The van der Waals surface area contributed by atoms with Gasteiger partial charge >= 0.3 is 0 Å². The van der Waals surface area contributed by atoms with Crippen LogP contribution in [0, 0.1) is 12.7 Å². The molecule has 0 aliphatic rings. The van der Waals surface area contributed by atoms with Crippen molar-refractivity contribution in [2.45, 2.75) is 11.8 Å². The van der Waals surface area contributed by atoms with E-state index in [9.17, 15) is 17.6 Å². The second-order valence-electron chi connectivity index (χ2n) is 5.35. The highest BCUT2D eigenvalue weighted by atomic mass is 79.9. The first kappa shape index (κ1) is 18.6. The fraction of sp³-hybridized carbons (Fsp3) is 0.188. The number of carbonyl (C=O) groups is 1. The van der Waals surface area contributed by atoms with Gasteiger partial charge in [-0.15, -0.1) is 0 Å². The summed E-state index contributed by atoms with van der Waals surface area (Å²) in [5, 5.41) is 2.55. The van der Waals surface area contributed by atoms with Crippen molar-refractivity contribution < 1.29 is 17.6 Å². The van der Waals surface area contributed by atoms with Crippen molar-refractivity contribution in [2.75, 3.05) is 19.4 Å². The summed E-state index contributed by atoms with van der Waals surface area (Å²) in [6.45, 7) is 1.62. The number of nitrogens with one attached hydrogen (secondary N) is 1. The molecule has 0 aliphatic heterocycles. The first-order chi connectivity index (χ1) is 11.1. The van der Waals surface area contributed by atoms with Crippen molar-refractivity contribution in [2.24, 2.45) is 0 Å². The van der Waals surface area contributed by atoms with Crippen LogP contribution in [0.2, 0.25) is 0 Å². The molecular formula is C16H16BrFN2O3S. The number of hydrogen-bond acceptors (Lipinski definition) is 3. The Morgan fingerprint density at radius 2 is 1.83 bits per heavy atom. The minimum Gasteiger partial charge on any atom is -0.322 e. The monoisotopic (exact) mass is 414 g/mol. The Morgan fingerprint density at radius 1 is 1.17 bits per heavy atom. The molecule has 0 saturated carbocycles. The number of carbonyl (C=O) groups excluding carboxylic acids is 1. The smallest absolute Gasteiger partial charge is 0.255 e. The normalized spacial score (nSPS) is 11.6. The third kappa shape index (κ3) is 3.82. The summed E-state index contributed by atoms with van der Waals surface area (Å²) in [5.74, 6) is -0.958. The molecule has 1 N–H and O–H groups in total. The highest BCUT2D eigenvalue weighted by Crippen LogP contribution is 2.25. The van der Waals surface area contributed by atoms with Crippen molar-refractivity contribution in [3.05, 3.63) is 57.8 Å². The molecule has 2 aromatic carbocycles. The van der Waals surface area contributed by atoms with Gasteiger partial charge in [-0.05, 0) is 58.7 Å². The summed E-state index contributed by atoms with van der Waals surface area (Å²) in [6, 6.07) is 8.59. The molecule has 0 bridgehead atoms. The van der Waals surface area contributed by atoms with Crippen LogP contribution in [0.5, 0.6) is 0 Å². The van der Waals surface area contributed by atoms with Gasteiger partial charge in [0, 0.05) is 29.8 Å². The topological polar surface area (TPSA) is 66.5 Å². The zero-order valence-electron chi connectivity index (χ0n) is 13.3. The molecule has 0 spiro atoms. The second-order valence-corrected chi connectivity index (χ2v) is 8.33. The zero-order chi connectivity index (χ0) is 18.1. The third-order valence-corrected chi connectivity index (χ3v) is 6.19. The molecule has 2 aromatic rings. The van der Waals surface area contributed by atoms with Gasteiger partial charge in [0.05, 0.1) is 4.90 Å². The van der Waals surface area contributed by atoms with Gasteiger partial charge in [-0.2, -0.15) is 0 Å². The number of anilines is 1. The molecule has 0 fully saturated rings. The van der Waals surface area contributed by atoms with Gasteiger partial charge in [-0.1, -0.05) is 6.07 Å². The molecular weight excluding hydrogens is 399 g/mol. The predicted molar refractivity (Wildman–Crippen MR) is 94.1 cm³/mol. The molecule has 0 saturated heterocycles. The molecule has 2 rings (SSSR count). The Morgan fingerprint density at radius 3 is 2.42 bits per heavy atom. The van der Waals surface area contributed by atoms with Gasteiger partial charge in [0.2, 0.25) is 10.0 Å². The molecule has 0 aliphatic carbocycles. The van der Waals surface area contributed by atoms with E-state index in [0.717, 1.165) is 4.31 Å². The maximum absolute atomic E-state index is 13.6. The van der Waals surface area contributed by atoms with E-state index >= 15 is 0 Å². The molecule has 0 unspecified atom stereocenters. The van der Waals surface area contributed by atoms with Crippen LogP contribution < -0.4 is 5.32 Å². The highest BCUT2D eigenvalue weighted by Gasteiger charge is 2.22. The van der Waals surface area contributed by atoms with E-state index in [1.54, 1.807) is 19.1 Å². The van der Waals surface area contributed by atoms with Crippen LogP contribution in [0.3, 0.4) is 0 Å². The van der Waals surface area contributed by atoms with Gasteiger partial charge in [-0.25, -0.2) is 17.1 Å². The Bertz CT molecular complexity index is 898. The van der Waals surface area contributed by atoms with E-state index < -0.39 is 21.7 Å². The molecule has 24 heavy (non-hydrogen) atoms. The van der Waals surface area contributed by atoms with Crippen molar-refractivity contribution >= 4 is 37.5 Å². The first-order valence-corrected chi connectivity index (χ1v) is 9.16. The number of nitrogens with zero attached hydrogens (tertiary/aromatic N) is 1. The van der Waals surface area contributed by atoms with E-state index in [1.165, 1.54) is 38.4 Å². The number of sulfonamides is 1. The predicted octanol–water partition coefficient (Wildman–Crippen LogP) is 3.40. The summed E-state index contributed by atoms with van der Waals surface area (Å²) in [7, 11) is -0.890. The van der Waals surface area contributed by atoms with E-state index in [-0.39, 0.29) is 10.5 Å². The molecule has 8 heteroatoms. The Hall–Kier alpha value is -1.77. The van der Waals surface area contributed by atoms with Crippen LogP contribution in [0.4, 0.5) is 10.1 Å². The van der Waals surface area contributed by atoms with E-state index in [2.05, 4.69) is 21.2 Å². The molecule has 0 radical (unpaired) electrons. The molecule has 0 aromatic heterocycles. The lowest BCUT2D eigenvalue weighted by atomic mass is 10.2. The quantitative estimate of drug-likeness (QED) is 0.833. The van der Waals surface area contributed by atoms with Crippen molar-refractivity contribution in [3.63, 3.8) is 0 Å². The third-order valence-electron chi connectivity index (χ3n) is 3.38. The second kappa shape index (κ2) is 7.00. The van der Waals surface area contributed by atoms with Crippen LogP contribution in [0.15, 0.2) is 45.8 Å². The highest BCUT2D eigenvalue weighted by molar-refractivity contribution is 9.10. The first-order valence-electron chi connectivity index (χ1n) is 6.92. The molecule has 1 amide bonds. The maximum atomic E-state index is 13.6. The summed E-state index contributed by atoms with van der Waals surface area (Å²) >= 11 is 3.18. The Labute approximate surface area is 148 Å². The number of hydrogen-bond donors (Lipinski definition) is 1. The van der Waals surface area contributed by atoms with Crippen molar-refractivity contribution in [1.29, 1.82) is 0 Å². The van der Waals surface area contributed by atoms with Crippen LogP contribution >= 0.6 is 15.9 Å². The van der Waals surface area contributed by atoms with E-state index in [0.29, 0.717) is 15.7 Å². The lowest BCUT2D eigenvalue weighted by Gasteiger charge is -2.14. The number of benzene rings is 2. The van der Waals surface area contributed by atoms with E-state index in [1.807, 2.05) is 0 Å².